The normalized spacial score (nSPS) is 11.3. The molecule has 0 aliphatic heterocycles. The highest BCUT2D eigenvalue weighted by Crippen LogP contribution is 2.21. The minimum atomic E-state index is -0.953. The molecule has 2 aromatic carbocycles. The summed E-state index contributed by atoms with van der Waals surface area (Å²) in [6, 6.07) is 14.7. The van der Waals surface area contributed by atoms with Crippen molar-refractivity contribution in [2.24, 2.45) is 0 Å². The summed E-state index contributed by atoms with van der Waals surface area (Å²) in [6.45, 7) is -0.771. The number of carbonyl (C=O) groups excluding carboxylic acids is 2. The molecule has 0 bridgehead atoms. The van der Waals surface area contributed by atoms with Gasteiger partial charge in [0, 0.05) is 17.7 Å². The summed E-state index contributed by atoms with van der Waals surface area (Å²) in [5.41, 5.74) is 0.104. The van der Waals surface area contributed by atoms with Gasteiger partial charge >= 0.3 is 5.97 Å². The molecule has 0 saturated carbocycles. The molecular weight excluding hydrogens is 436 g/mol. The van der Waals surface area contributed by atoms with E-state index < -0.39 is 30.1 Å². The number of furan rings is 1. The van der Waals surface area contributed by atoms with Crippen molar-refractivity contribution >= 4 is 29.3 Å². The van der Waals surface area contributed by atoms with Gasteiger partial charge in [0.1, 0.15) is 17.4 Å². The zero-order chi connectivity index (χ0) is 23.2. The summed E-state index contributed by atoms with van der Waals surface area (Å²) >= 11 is 0. The van der Waals surface area contributed by atoms with E-state index in [-0.39, 0.29) is 17.2 Å². The Kier molecular flexibility index (Phi) is 6.30. The molecule has 0 spiro atoms. The number of amides is 1. The molecule has 0 atom stereocenters. The molecule has 33 heavy (non-hydrogen) atoms. The monoisotopic (exact) mass is 451 g/mol. The van der Waals surface area contributed by atoms with Gasteiger partial charge in [0.25, 0.3) is 5.91 Å². The van der Waals surface area contributed by atoms with Crippen LogP contribution in [0.3, 0.4) is 0 Å². The van der Waals surface area contributed by atoms with Gasteiger partial charge in [-0.2, -0.15) is 4.68 Å². The van der Waals surface area contributed by atoms with Gasteiger partial charge in [-0.25, -0.2) is 13.6 Å². The van der Waals surface area contributed by atoms with E-state index in [0.717, 1.165) is 22.9 Å². The van der Waals surface area contributed by atoms with Crippen LogP contribution in [0.25, 0.3) is 23.2 Å². The predicted molar refractivity (Wildman–Crippen MR) is 112 cm³/mol. The molecule has 2 aromatic heterocycles. The van der Waals surface area contributed by atoms with Crippen LogP contribution in [0.2, 0.25) is 0 Å². The van der Waals surface area contributed by atoms with Crippen LogP contribution in [-0.2, 0) is 14.3 Å². The predicted octanol–water partition coefficient (Wildman–Crippen LogP) is 3.39. The van der Waals surface area contributed by atoms with Gasteiger partial charge in [0.2, 0.25) is 0 Å². The van der Waals surface area contributed by atoms with Crippen molar-refractivity contribution in [3.05, 3.63) is 84.3 Å². The Morgan fingerprint density at radius 3 is 2.67 bits per heavy atom. The number of nitrogens with one attached hydrogen (secondary N) is 1. The zero-order valence-corrected chi connectivity index (χ0v) is 16.8. The molecule has 1 amide bonds. The standard InChI is InChI=1S/C22H15F2N5O4/c23-15-8-9-17(24)18(11-15)25-20(30)13-33-22(31)19(12-16-7-4-10-32-16)29-21(26-27-28-29)14-5-2-1-3-6-14/h1-12H,13H2,(H,25,30)/b19-12-. The van der Waals surface area contributed by atoms with Crippen LogP contribution in [0.1, 0.15) is 5.76 Å². The van der Waals surface area contributed by atoms with Crippen LogP contribution in [0.15, 0.2) is 71.3 Å². The number of halogens is 2. The number of anilines is 1. The fourth-order valence-corrected chi connectivity index (χ4v) is 2.82. The number of ether oxygens (including phenoxy) is 1. The number of carbonyl (C=O) groups is 2. The molecule has 4 rings (SSSR count). The number of rotatable bonds is 7. The maximum Gasteiger partial charge on any atom is 0.357 e. The molecule has 0 aliphatic carbocycles. The molecule has 0 fully saturated rings. The summed E-state index contributed by atoms with van der Waals surface area (Å²) in [7, 11) is 0. The first-order chi connectivity index (χ1) is 16.0. The molecule has 1 N–H and O–H groups in total. The van der Waals surface area contributed by atoms with Crippen molar-refractivity contribution in [1.82, 2.24) is 20.2 Å². The molecule has 0 saturated heterocycles. The van der Waals surface area contributed by atoms with Gasteiger partial charge in [-0.3, -0.25) is 4.79 Å². The highest BCUT2D eigenvalue weighted by molar-refractivity contribution is 6.16. The highest BCUT2D eigenvalue weighted by Gasteiger charge is 2.22. The number of hydrogen-bond acceptors (Lipinski definition) is 7. The van der Waals surface area contributed by atoms with Crippen LogP contribution >= 0.6 is 0 Å². The van der Waals surface area contributed by atoms with Crippen LogP contribution < -0.4 is 5.32 Å². The number of esters is 1. The van der Waals surface area contributed by atoms with Crippen molar-refractivity contribution in [2.75, 3.05) is 11.9 Å². The first kappa shape index (κ1) is 21.6. The van der Waals surface area contributed by atoms with E-state index in [0.29, 0.717) is 11.3 Å². The lowest BCUT2D eigenvalue weighted by Crippen LogP contribution is -2.23. The third-order valence-corrected chi connectivity index (χ3v) is 4.30. The summed E-state index contributed by atoms with van der Waals surface area (Å²) in [6.07, 6.45) is 2.75. The third kappa shape index (κ3) is 5.15. The van der Waals surface area contributed by atoms with E-state index in [1.165, 1.54) is 12.3 Å². The van der Waals surface area contributed by atoms with Gasteiger partial charge in [-0.05, 0) is 34.7 Å². The van der Waals surface area contributed by atoms with Crippen LogP contribution in [0.4, 0.5) is 14.5 Å². The quantitative estimate of drug-likeness (QED) is 0.339. The highest BCUT2D eigenvalue weighted by atomic mass is 19.1. The summed E-state index contributed by atoms with van der Waals surface area (Å²) in [4.78, 5) is 25.0. The average molecular weight is 451 g/mol. The SMILES string of the molecule is O=C(COC(=O)/C(=C/c1ccco1)n1nnnc1-c1ccccc1)Nc1cc(F)ccc1F. The van der Waals surface area contributed by atoms with E-state index in [4.69, 9.17) is 9.15 Å². The number of aromatic nitrogens is 4. The van der Waals surface area contributed by atoms with Crippen molar-refractivity contribution in [3.8, 4) is 11.4 Å². The number of hydrogen-bond donors (Lipinski definition) is 1. The van der Waals surface area contributed by atoms with E-state index in [9.17, 15) is 18.4 Å². The van der Waals surface area contributed by atoms with Crippen LogP contribution in [0.5, 0.6) is 0 Å². The van der Waals surface area contributed by atoms with Gasteiger partial charge in [0.05, 0.1) is 12.0 Å². The summed E-state index contributed by atoms with van der Waals surface area (Å²) in [5, 5.41) is 13.6. The second-order valence-corrected chi connectivity index (χ2v) is 6.57. The van der Waals surface area contributed by atoms with Crippen molar-refractivity contribution in [1.29, 1.82) is 0 Å². The summed E-state index contributed by atoms with van der Waals surface area (Å²) < 4.78 is 38.5. The first-order valence-electron chi connectivity index (χ1n) is 9.52. The smallest absolute Gasteiger partial charge is 0.357 e. The van der Waals surface area contributed by atoms with Gasteiger partial charge in [-0.15, -0.1) is 5.10 Å². The Bertz CT molecular complexity index is 1300. The van der Waals surface area contributed by atoms with Gasteiger partial charge in [0.15, 0.2) is 18.1 Å². The Labute approximate surface area is 185 Å². The molecule has 9 nitrogen and oxygen atoms in total. The Balaban J connectivity index is 1.55. The van der Waals surface area contributed by atoms with Crippen molar-refractivity contribution in [3.63, 3.8) is 0 Å². The van der Waals surface area contributed by atoms with E-state index in [1.54, 1.807) is 36.4 Å². The van der Waals surface area contributed by atoms with Crippen LogP contribution in [0, 0.1) is 11.6 Å². The Morgan fingerprint density at radius 2 is 1.91 bits per heavy atom. The molecule has 0 aliphatic rings. The Morgan fingerprint density at radius 1 is 1.09 bits per heavy atom. The maximum absolute atomic E-state index is 13.7. The minimum Gasteiger partial charge on any atom is -0.465 e. The molecule has 166 valence electrons. The zero-order valence-electron chi connectivity index (χ0n) is 16.8. The second-order valence-electron chi connectivity index (χ2n) is 6.57. The number of nitrogens with zero attached hydrogens (tertiary/aromatic N) is 4. The molecule has 2 heterocycles. The lowest BCUT2D eigenvalue weighted by molar-refractivity contribution is -0.141. The Hall–Kier alpha value is -4.67. The molecular formula is C22H15F2N5O4. The largest absolute Gasteiger partial charge is 0.465 e. The average Bonchev–Trinajstić information content (AvgIpc) is 3.51. The fraction of sp³-hybridized carbons (Fsp3) is 0.0455. The van der Waals surface area contributed by atoms with Crippen molar-refractivity contribution < 1.29 is 27.5 Å². The molecule has 4 aromatic rings. The van der Waals surface area contributed by atoms with E-state index >= 15 is 0 Å². The third-order valence-electron chi connectivity index (χ3n) is 4.30. The van der Waals surface area contributed by atoms with Crippen molar-refractivity contribution in [2.45, 2.75) is 0 Å². The van der Waals surface area contributed by atoms with Gasteiger partial charge in [-0.1, -0.05) is 30.3 Å². The lowest BCUT2D eigenvalue weighted by Gasteiger charge is -2.10. The topological polar surface area (TPSA) is 112 Å². The minimum absolute atomic E-state index is 0.140. The van der Waals surface area contributed by atoms with E-state index in [1.807, 2.05) is 6.07 Å². The molecule has 0 unspecified atom stereocenters. The summed E-state index contributed by atoms with van der Waals surface area (Å²) in [5.74, 6) is -2.84. The van der Waals surface area contributed by atoms with Gasteiger partial charge < -0.3 is 14.5 Å². The fourth-order valence-electron chi connectivity index (χ4n) is 2.82. The first-order valence-corrected chi connectivity index (χ1v) is 9.52. The number of benzene rings is 2. The second kappa shape index (κ2) is 9.64. The van der Waals surface area contributed by atoms with Crippen LogP contribution in [-0.4, -0.2) is 38.7 Å². The lowest BCUT2D eigenvalue weighted by atomic mass is 10.2. The number of tetrazole rings is 1. The molecule has 0 radical (unpaired) electrons. The van der Waals surface area contributed by atoms with E-state index in [2.05, 4.69) is 20.8 Å². The molecule has 11 heteroatoms. The maximum atomic E-state index is 13.7.